The van der Waals surface area contributed by atoms with Crippen molar-refractivity contribution in [3.05, 3.63) is 60.3 Å². The van der Waals surface area contributed by atoms with E-state index in [-0.39, 0.29) is 6.04 Å². The third-order valence-electron chi connectivity index (χ3n) is 3.42. The molecular formula is C16H15FN4. The minimum absolute atomic E-state index is 0.0953. The largest absolute Gasteiger partial charge is 0.398 e. The third kappa shape index (κ3) is 2.50. The highest BCUT2D eigenvalue weighted by molar-refractivity contribution is 5.98. The number of fused-ring (bicyclic) bond motifs is 1. The Labute approximate surface area is 121 Å². The van der Waals surface area contributed by atoms with Crippen LogP contribution in [0.15, 0.2) is 48.9 Å². The van der Waals surface area contributed by atoms with Crippen LogP contribution < -0.4 is 11.1 Å². The number of nitrogens with one attached hydrogen (secondary N) is 1. The SMILES string of the molecule is CC(Nc1c(F)cc(N)c2cccnc12)c1cccnc1. The van der Waals surface area contributed by atoms with Gasteiger partial charge in [0, 0.05) is 29.7 Å². The molecule has 3 rings (SSSR count). The van der Waals surface area contributed by atoms with E-state index in [1.165, 1.54) is 6.07 Å². The van der Waals surface area contributed by atoms with Crippen molar-refractivity contribution in [3.8, 4) is 0 Å². The number of hydrogen-bond acceptors (Lipinski definition) is 4. The van der Waals surface area contributed by atoms with Gasteiger partial charge in [0.15, 0.2) is 5.82 Å². The lowest BCUT2D eigenvalue weighted by Gasteiger charge is -2.17. The van der Waals surface area contributed by atoms with Crippen molar-refractivity contribution in [2.24, 2.45) is 0 Å². The monoisotopic (exact) mass is 282 g/mol. The molecule has 0 saturated heterocycles. The molecule has 0 radical (unpaired) electrons. The van der Waals surface area contributed by atoms with Gasteiger partial charge in [0.1, 0.15) is 0 Å². The van der Waals surface area contributed by atoms with Gasteiger partial charge >= 0.3 is 0 Å². The van der Waals surface area contributed by atoms with E-state index < -0.39 is 5.82 Å². The fourth-order valence-electron chi connectivity index (χ4n) is 2.31. The molecule has 4 nitrogen and oxygen atoms in total. The predicted octanol–water partition coefficient (Wildman–Crippen LogP) is 3.52. The summed E-state index contributed by atoms with van der Waals surface area (Å²) >= 11 is 0. The Balaban J connectivity index is 2.05. The fraction of sp³-hybridized carbons (Fsp3) is 0.125. The zero-order chi connectivity index (χ0) is 14.8. The average molecular weight is 282 g/mol. The molecule has 0 spiro atoms. The highest BCUT2D eigenvalue weighted by atomic mass is 19.1. The van der Waals surface area contributed by atoms with Crippen LogP contribution in [0.5, 0.6) is 0 Å². The molecule has 0 fully saturated rings. The van der Waals surface area contributed by atoms with E-state index in [9.17, 15) is 4.39 Å². The van der Waals surface area contributed by atoms with Crippen LogP contribution in [0.25, 0.3) is 10.9 Å². The Morgan fingerprint density at radius 2 is 2.05 bits per heavy atom. The zero-order valence-electron chi connectivity index (χ0n) is 11.5. The first-order valence-corrected chi connectivity index (χ1v) is 6.66. The molecule has 5 heteroatoms. The maximum atomic E-state index is 14.3. The Morgan fingerprint density at radius 1 is 1.24 bits per heavy atom. The molecule has 0 saturated carbocycles. The highest BCUT2D eigenvalue weighted by Gasteiger charge is 2.14. The second-order valence-corrected chi connectivity index (χ2v) is 4.87. The molecule has 2 aromatic heterocycles. The molecule has 2 heterocycles. The van der Waals surface area contributed by atoms with Crippen LogP contribution in [0, 0.1) is 5.82 Å². The standard InChI is InChI=1S/C16H15FN4/c1-10(11-4-2-6-19-9-11)21-16-13(17)8-14(18)12-5-3-7-20-15(12)16/h2-10,21H,18H2,1H3. The van der Waals surface area contributed by atoms with E-state index >= 15 is 0 Å². The number of halogens is 1. The van der Waals surface area contributed by atoms with Crippen LogP contribution >= 0.6 is 0 Å². The fourth-order valence-corrected chi connectivity index (χ4v) is 2.31. The van der Waals surface area contributed by atoms with Crippen molar-refractivity contribution in [3.63, 3.8) is 0 Å². The number of aromatic nitrogens is 2. The molecule has 0 aliphatic heterocycles. The second kappa shape index (κ2) is 5.36. The molecular weight excluding hydrogens is 267 g/mol. The highest BCUT2D eigenvalue weighted by Crippen LogP contribution is 2.31. The van der Waals surface area contributed by atoms with Crippen LogP contribution in [-0.4, -0.2) is 9.97 Å². The molecule has 0 bridgehead atoms. The van der Waals surface area contributed by atoms with E-state index in [0.29, 0.717) is 16.9 Å². The summed E-state index contributed by atoms with van der Waals surface area (Å²) < 4.78 is 14.3. The number of nitrogens with zero attached hydrogens (tertiary/aromatic N) is 2. The van der Waals surface area contributed by atoms with Gasteiger partial charge in [-0.1, -0.05) is 6.07 Å². The third-order valence-corrected chi connectivity index (χ3v) is 3.42. The van der Waals surface area contributed by atoms with Crippen LogP contribution in [0.4, 0.5) is 15.8 Å². The molecule has 1 atom stereocenters. The predicted molar refractivity (Wildman–Crippen MR) is 82.4 cm³/mol. The summed E-state index contributed by atoms with van der Waals surface area (Å²) in [4.78, 5) is 8.33. The maximum absolute atomic E-state index is 14.3. The molecule has 1 unspecified atom stereocenters. The van der Waals surface area contributed by atoms with Crippen LogP contribution in [0.3, 0.4) is 0 Å². The number of rotatable bonds is 3. The van der Waals surface area contributed by atoms with E-state index in [2.05, 4.69) is 15.3 Å². The average Bonchev–Trinajstić information content (AvgIpc) is 2.52. The molecule has 0 aliphatic rings. The van der Waals surface area contributed by atoms with Crippen molar-refractivity contribution in [2.75, 3.05) is 11.1 Å². The van der Waals surface area contributed by atoms with Crippen molar-refractivity contribution >= 4 is 22.3 Å². The Morgan fingerprint density at radius 3 is 2.81 bits per heavy atom. The summed E-state index contributed by atoms with van der Waals surface area (Å²) in [7, 11) is 0. The first-order valence-electron chi connectivity index (χ1n) is 6.66. The Hall–Kier alpha value is -2.69. The van der Waals surface area contributed by atoms with Gasteiger partial charge in [-0.15, -0.1) is 0 Å². The maximum Gasteiger partial charge on any atom is 0.150 e. The van der Waals surface area contributed by atoms with Crippen molar-refractivity contribution in [1.29, 1.82) is 0 Å². The number of benzene rings is 1. The normalized spacial score (nSPS) is 12.3. The van der Waals surface area contributed by atoms with Gasteiger partial charge < -0.3 is 11.1 Å². The van der Waals surface area contributed by atoms with Gasteiger partial charge in [-0.3, -0.25) is 9.97 Å². The molecule has 3 aromatic rings. The van der Waals surface area contributed by atoms with Crippen LogP contribution in [0.1, 0.15) is 18.5 Å². The van der Waals surface area contributed by atoms with E-state index in [1.807, 2.05) is 25.1 Å². The first kappa shape index (κ1) is 13.3. The summed E-state index contributed by atoms with van der Waals surface area (Å²) in [5, 5.41) is 3.90. The van der Waals surface area contributed by atoms with E-state index in [0.717, 1.165) is 10.9 Å². The van der Waals surface area contributed by atoms with Gasteiger partial charge in [-0.25, -0.2) is 4.39 Å². The Bertz CT molecular complexity index is 774. The quantitative estimate of drug-likeness (QED) is 0.721. The Kier molecular flexibility index (Phi) is 3.39. The minimum Gasteiger partial charge on any atom is -0.398 e. The van der Waals surface area contributed by atoms with Gasteiger partial charge in [-0.05, 0) is 36.8 Å². The molecule has 21 heavy (non-hydrogen) atoms. The molecule has 3 N–H and O–H groups in total. The van der Waals surface area contributed by atoms with Crippen LogP contribution in [0.2, 0.25) is 0 Å². The summed E-state index contributed by atoms with van der Waals surface area (Å²) in [6, 6.07) is 8.63. The van der Waals surface area contributed by atoms with Gasteiger partial charge in [0.2, 0.25) is 0 Å². The van der Waals surface area contributed by atoms with E-state index in [4.69, 9.17) is 5.73 Å². The smallest absolute Gasteiger partial charge is 0.150 e. The lowest BCUT2D eigenvalue weighted by Crippen LogP contribution is -2.09. The number of pyridine rings is 2. The molecule has 106 valence electrons. The molecule has 0 aliphatic carbocycles. The molecule has 0 amide bonds. The summed E-state index contributed by atoms with van der Waals surface area (Å²) in [5.74, 6) is -0.408. The first-order chi connectivity index (χ1) is 10.2. The number of nitrogens with two attached hydrogens (primary N) is 1. The topological polar surface area (TPSA) is 63.8 Å². The lowest BCUT2D eigenvalue weighted by molar-refractivity contribution is 0.629. The number of anilines is 2. The number of hydrogen-bond donors (Lipinski definition) is 2. The minimum atomic E-state index is -0.408. The zero-order valence-corrected chi connectivity index (χ0v) is 11.5. The van der Waals surface area contributed by atoms with Gasteiger partial charge in [0.25, 0.3) is 0 Å². The van der Waals surface area contributed by atoms with Crippen molar-refractivity contribution in [1.82, 2.24) is 9.97 Å². The summed E-state index contributed by atoms with van der Waals surface area (Å²) in [6.07, 6.45) is 5.08. The number of nitrogen functional groups attached to an aromatic ring is 1. The van der Waals surface area contributed by atoms with Crippen molar-refractivity contribution in [2.45, 2.75) is 13.0 Å². The van der Waals surface area contributed by atoms with Gasteiger partial charge in [0.05, 0.1) is 17.2 Å². The summed E-state index contributed by atoms with van der Waals surface area (Å²) in [6.45, 7) is 1.95. The second-order valence-electron chi connectivity index (χ2n) is 4.87. The van der Waals surface area contributed by atoms with Crippen molar-refractivity contribution < 1.29 is 4.39 Å². The van der Waals surface area contributed by atoms with Gasteiger partial charge in [-0.2, -0.15) is 0 Å². The van der Waals surface area contributed by atoms with E-state index in [1.54, 1.807) is 24.7 Å². The van der Waals surface area contributed by atoms with Crippen LogP contribution in [-0.2, 0) is 0 Å². The summed E-state index contributed by atoms with van der Waals surface area (Å²) in [5.41, 5.74) is 8.10. The lowest BCUT2D eigenvalue weighted by atomic mass is 10.1. The molecule has 1 aromatic carbocycles.